The molecule has 0 aliphatic heterocycles. The van der Waals surface area contributed by atoms with Crippen LogP contribution in [0.1, 0.15) is 18.9 Å². The number of benzene rings is 1. The first-order valence-electron chi connectivity index (χ1n) is 5.85. The highest BCUT2D eigenvalue weighted by molar-refractivity contribution is 9.10. The minimum atomic E-state index is -0.258. The summed E-state index contributed by atoms with van der Waals surface area (Å²) in [7, 11) is 1.40. The van der Waals surface area contributed by atoms with Gasteiger partial charge in [0.05, 0.1) is 7.11 Å². The zero-order valence-corrected chi connectivity index (χ0v) is 12.5. The maximum atomic E-state index is 11.4. The summed E-state index contributed by atoms with van der Waals surface area (Å²) in [6.45, 7) is 4.59. The van der Waals surface area contributed by atoms with Crippen molar-refractivity contribution < 1.29 is 9.53 Å². The van der Waals surface area contributed by atoms with Crippen LogP contribution in [0.5, 0.6) is 0 Å². The molecular formula is C14H18BrNO2. The molecule has 0 heterocycles. The highest BCUT2D eigenvalue weighted by Crippen LogP contribution is 2.19. The van der Waals surface area contributed by atoms with E-state index in [1.54, 1.807) is 0 Å². The van der Waals surface area contributed by atoms with Gasteiger partial charge in [-0.25, -0.2) is 4.79 Å². The van der Waals surface area contributed by atoms with Gasteiger partial charge in [0.2, 0.25) is 0 Å². The minimum Gasteiger partial charge on any atom is -0.466 e. The van der Waals surface area contributed by atoms with E-state index < -0.39 is 0 Å². The molecule has 1 rings (SSSR count). The fourth-order valence-corrected chi connectivity index (χ4v) is 1.80. The molecule has 3 nitrogen and oxygen atoms in total. The van der Waals surface area contributed by atoms with Crippen LogP contribution < -0.4 is 5.32 Å². The molecule has 0 unspecified atom stereocenters. The van der Waals surface area contributed by atoms with Crippen LogP contribution in [-0.2, 0) is 9.53 Å². The molecule has 18 heavy (non-hydrogen) atoms. The predicted molar refractivity (Wildman–Crippen MR) is 77.8 cm³/mol. The SMILES string of the molecule is CC/C(=C/CNc1ccc(Br)c(C)c1)C(=O)OC. The Labute approximate surface area is 116 Å². The number of aryl methyl sites for hydroxylation is 1. The third-order valence-corrected chi connectivity index (χ3v) is 3.53. The van der Waals surface area contributed by atoms with Gasteiger partial charge in [-0.3, -0.25) is 0 Å². The molecule has 0 aliphatic rings. The van der Waals surface area contributed by atoms with Crippen LogP contribution in [0, 0.1) is 6.92 Å². The van der Waals surface area contributed by atoms with E-state index in [-0.39, 0.29) is 5.97 Å². The van der Waals surface area contributed by atoms with E-state index in [0.29, 0.717) is 18.5 Å². The van der Waals surface area contributed by atoms with Crippen LogP contribution in [0.4, 0.5) is 5.69 Å². The van der Waals surface area contributed by atoms with Crippen molar-refractivity contribution in [3.8, 4) is 0 Å². The predicted octanol–water partition coefficient (Wildman–Crippen LogP) is 3.68. The smallest absolute Gasteiger partial charge is 0.333 e. The summed E-state index contributed by atoms with van der Waals surface area (Å²) in [6, 6.07) is 6.05. The van der Waals surface area contributed by atoms with Crippen LogP contribution in [0.3, 0.4) is 0 Å². The maximum absolute atomic E-state index is 11.4. The van der Waals surface area contributed by atoms with E-state index in [1.165, 1.54) is 12.7 Å². The van der Waals surface area contributed by atoms with Crippen molar-refractivity contribution in [3.05, 3.63) is 39.9 Å². The summed E-state index contributed by atoms with van der Waals surface area (Å²) in [5, 5.41) is 3.25. The first-order valence-corrected chi connectivity index (χ1v) is 6.65. The molecule has 1 aromatic carbocycles. The molecule has 98 valence electrons. The molecular weight excluding hydrogens is 294 g/mol. The minimum absolute atomic E-state index is 0.258. The highest BCUT2D eigenvalue weighted by Gasteiger charge is 2.05. The number of anilines is 1. The lowest BCUT2D eigenvalue weighted by Gasteiger charge is -2.07. The number of methoxy groups -OCH3 is 1. The number of esters is 1. The molecule has 1 aromatic rings. The number of ether oxygens (including phenoxy) is 1. The Balaban J connectivity index is 2.62. The van der Waals surface area contributed by atoms with Gasteiger partial charge in [0, 0.05) is 22.3 Å². The average Bonchev–Trinajstić information content (AvgIpc) is 2.38. The second kappa shape index (κ2) is 7.21. The molecule has 0 aliphatic carbocycles. The number of nitrogens with one attached hydrogen (secondary N) is 1. The lowest BCUT2D eigenvalue weighted by atomic mass is 10.2. The number of hydrogen-bond acceptors (Lipinski definition) is 3. The largest absolute Gasteiger partial charge is 0.466 e. The van der Waals surface area contributed by atoms with Crippen LogP contribution in [0.2, 0.25) is 0 Å². The van der Waals surface area contributed by atoms with E-state index in [9.17, 15) is 4.79 Å². The summed E-state index contributed by atoms with van der Waals surface area (Å²) in [5.74, 6) is -0.258. The zero-order valence-electron chi connectivity index (χ0n) is 10.9. The zero-order chi connectivity index (χ0) is 13.5. The highest BCUT2D eigenvalue weighted by atomic mass is 79.9. The molecule has 1 N–H and O–H groups in total. The molecule has 0 aromatic heterocycles. The van der Waals surface area contributed by atoms with E-state index in [1.807, 2.05) is 32.1 Å². The Kier molecular flexibility index (Phi) is 5.92. The van der Waals surface area contributed by atoms with Gasteiger partial charge >= 0.3 is 5.97 Å². The number of carbonyl (C=O) groups is 1. The van der Waals surface area contributed by atoms with Gasteiger partial charge in [-0.2, -0.15) is 0 Å². The third-order valence-electron chi connectivity index (χ3n) is 2.64. The van der Waals surface area contributed by atoms with Gasteiger partial charge in [-0.15, -0.1) is 0 Å². The Bertz CT molecular complexity index is 455. The van der Waals surface area contributed by atoms with E-state index in [2.05, 4.69) is 27.3 Å². The Morgan fingerprint density at radius 1 is 1.50 bits per heavy atom. The normalized spacial score (nSPS) is 11.2. The monoisotopic (exact) mass is 311 g/mol. The molecule has 0 spiro atoms. The summed E-state index contributed by atoms with van der Waals surface area (Å²) in [6.07, 6.45) is 2.54. The van der Waals surface area contributed by atoms with Crippen molar-refractivity contribution in [2.24, 2.45) is 0 Å². The second-order valence-corrected chi connectivity index (χ2v) is 4.77. The maximum Gasteiger partial charge on any atom is 0.333 e. The van der Waals surface area contributed by atoms with Gasteiger partial charge in [0.15, 0.2) is 0 Å². The molecule has 0 radical (unpaired) electrons. The fourth-order valence-electron chi connectivity index (χ4n) is 1.55. The fraction of sp³-hybridized carbons (Fsp3) is 0.357. The number of carbonyl (C=O) groups excluding carboxylic acids is 1. The first-order chi connectivity index (χ1) is 8.58. The summed E-state index contributed by atoms with van der Waals surface area (Å²) in [5.41, 5.74) is 2.90. The van der Waals surface area contributed by atoms with Gasteiger partial charge < -0.3 is 10.1 Å². The van der Waals surface area contributed by atoms with Crippen molar-refractivity contribution in [1.29, 1.82) is 0 Å². The molecule has 4 heteroatoms. The molecule has 0 fully saturated rings. The second-order valence-electron chi connectivity index (χ2n) is 3.92. The van der Waals surface area contributed by atoms with Crippen molar-refractivity contribution >= 4 is 27.6 Å². The molecule has 0 saturated heterocycles. The van der Waals surface area contributed by atoms with Crippen LogP contribution in [-0.4, -0.2) is 19.6 Å². The summed E-state index contributed by atoms with van der Waals surface area (Å²) >= 11 is 3.46. The van der Waals surface area contributed by atoms with Crippen molar-refractivity contribution in [3.63, 3.8) is 0 Å². The first kappa shape index (κ1) is 14.8. The topological polar surface area (TPSA) is 38.3 Å². The Morgan fingerprint density at radius 2 is 2.22 bits per heavy atom. The van der Waals surface area contributed by atoms with E-state index >= 15 is 0 Å². The van der Waals surface area contributed by atoms with Gasteiger partial charge in [0.25, 0.3) is 0 Å². The van der Waals surface area contributed by atoms with Crippen LogP contribution >= 0.6 is 15.9 Å². The van der Waals surface area contributed by atoms with E-state index in [4.69, 9.17) is 4.74 Å². The van der Waals surface area contributed by atoms with Gasteiger partial charge in [0.1, 0.15) is 0 Å². The Morgan fingerprint density at radius 3 is 2.78 bits per heavy atom. The quantitative estimate of drug-likeness (QED) is 0.666. The summed E-state index contributed by atoms with van der Waals surface area (Å²) < 4.78 is 5.79. The Hall–Kier alpha value is -1.29. The van der Waals surface area contributed by atoms with Crippen molar-refractivity contribution in [2.45, 2.75) is 20.3 Å². The number of rotatable bonds is 5. The van der Waals surface area contributed by atoms with Crippen molar-refractivity contribution in [1.82, 2.24) is 0 Å². The number of hydrogen-bond donors (Lipinski definition) is 1. The lowest BCUT2D eigenvalue weighted by Crippen LogP contribution is -2.07. The lowest BCUT2D eigenvalue weighted by molar-refractivity contribution is -0.136. The molecule has 0 atom stereocenters. The summed E-state index contributed by atoms with van der Waals surface area (Å²) in [4.78, 5) is 11.4. The van der Waals surface area contributed by atoms with Gasteiger partial charge in [-0.1, -0.05) is 28.9 Å². The molecule has 0 bridgehead atoms. The molecule has 0 saturated carbocycles. The van der Waals surface area contributed by atoms with Crippen molar-refractivity contribution in [2.75, 3.05) is 19.0 Å². The van der Waals surface area contributed by atoms with Gasteiger partial charge in [-0.05, 0) is 37.1 Å². The number of halogens is 1. The third kappa shape index (κ3) is 4.18. The molecule has 0 amide bonds. The van der Waals surface area contributed by atoms with Crippen LogP contribution in [0.15, 0.2) is 34.3 Å². The van der Waals surface area contributed by atoms with E-state index in [0.717, 1.165) is 10.2 Å². The van der Waals surface area contributed by atoms with Crippen LogP contribution in [0.25, 0.3) is 0 Å². The average molecular weight is 312 g/mol. The standard InChI is InChI=1S/C14H18BrNO2/c1-4-11(14(17)18-3)7-8-16-12-5-6-13(15)10(2)9-12/h5-7,9,16H,4,8H2,1-3H3/b11-7-.